The molecule has 6 nitrogen and oxygen atoms in total. The molecule has 5 atom stereocenters. The third kappa shape index (κ3) is 2.54. The molecule has 14 heavy (non-hydrogen) atoms. The monoisotopic (exact) mass is 229 g/mol. The van der Waals surface area contributed by atoms with E-state index < -0.39 is 30.4 Å². The number of aliphatic hydroxyl groups excluding tert-OH is 5. The van der Waals surface area contributed by atoms with Crippen molar-refractivity contribution in [1.82, 2.24) is 5.32 Å². The molecular formula is C7H16ClNO5. The molecule has 1 aliphatic heterocycles. The van der Waals surface area contributed by atoms with Crippen LogP contribution in [0.25, 0.3) is 0 Å². The Morgan fingerprint density at radius 2 is 1.14 bits per heavy atom. The molecule has 1 aliphatic rings. The number of nitrogens with one attached hydrogen (secondary N) is 1. The van der Waals surface area contributed by atoms with Crippen molar-refractivity contribution in [2.75, 3.05) is 13.2 Å². The second-order valence-corrected chi connectivity index (χ2v) is 3.22. The molecule has 0 amide bonds. The highest BCUT2D eigenvalue weighted by atomic mass is 35.5. The molecule has 0 radical (unpaired) electrons. The quantitative estimate of drug-likeness (QED) is 0.298. The fraction of sp³-hybridized carbons (Fsp3) is 1.00. The topological polar surface area (TPSA) is 113 Å². The van der Waals surface area contributed by atoms with Crippen LogP contribution in [0.3, 0.4) is 0 Å². The highest BCUT2D eigenvalue weighted by Gasteiger charge is 2.41. The van der Waals surface area contributed by atoms with E-state index in [1.54, 1.807) is 0 Å². The lowest BCUT2D eigenvalue weighted by Crippen LogP contribution is -2.66. The van der Waals surface area contributed by atoms with Crippen LogP contribution < -0.4 is 5.32 Å². The van der Waals surface area contributed by atoms with Crippen molar-refractivity contribution in [1.29, 1.82) is 0 Å². The molecule has 0 aromatic rings. The average molecular weight is 230 g/mol. The summed E-state index contributed by atoms with van der Waals surface area (Å²) in [5, 5.41) is 48.1. The fourth-order valence-electron chi connectivity index (χ4n) is 1.47. The molecule has 1 heterocycles. The van der Waals surface area contributed by atoms with Crippen molar-refractivity contribution in [2.24, 2.45) is 0 Å². The molecule has 0 aromatic carbocycles. The van der Waals surface area contributed by atoms with Gasteiger partial charge in [-0.05, 0) is 0 Å². The minimum Gasteiger partial charge on any atom is -0.395 e. The number of hydrogen-bond donors (Lipinski definition) is 6. The number of halogens is 1. The van der Waals surface area contributed by atoms with E-state index in [0.29, 0.717) is 0 Å². The minimum atomic E-state index is -1.34. The van der Waals surface area contributed by atoms with Crippen LogP contribution in [-0.2, 0) is 0 Å². The van der Waals surface area contributed by atoms with Gasteiger partial charge >= 0.3 is 0 Å². The first kappa shape index (κ1) is 14.1. The first-order valence-electron chi connectivity index (χ1n) is 4.13. The Hall–Kier alpha value is 0.0500. The van der Waals surface area contributed by atoms with Gasteiger partial charge in [-0.15, -0.1) is 12.4 Å². The molecule has 1 unspecified atom stereocenters. The van der Waals surface area contributed by atoms with Crippen LogP contribution >= 0.6 is 12.4 Å². The number of hydrogen-bond acceptors (Lipinski definition) is 6. The molecule has 0 saturated carbocycles. The molecule has 7 heteroatoms. The lowest BCUT2D eigenvalue weighted by molar-refractivity contribution is -0.125. The van der Waals surface area contributed by atoms with Crippen molar-refractivity contribution in [2.45, 2.75) is 30.4 Å². The summed E-state index contributed by atoms with van der Waals surface area (Å²) in [6.45, 7) is -0.719. The van der Waals surface area contributed by atoms with E-state index in [0.717, 1.165) is 0 Å². The first-order chi connectivity index (χ1) is 6.11. The summed E-state index contributed by atoms with van der Waals surface area (Å²) >= 11 is 0. The zero-order chi connectivity index (χ0) is 10.0. The summed E-state index contributed by atoms with van der Waals surface area (Å²) in [4.78, 5) is 0. The molecule has 1 rings (SSSR count). The third-order valence-electron chi connectivity index (χ3n) is 2.35. The molecule has 1 saturated heterocycles. The summed E-state index contributed by atoms with van der Waals surface area (Å²) in [7, 11) is 0. The van der Waals surface area contributed by atoms with Crippen LogP contribution in [0, 0.1) is 0 Å². The second kappa shape index (κ2) is 5.82. The SMILES string of the molecule is Cl.OC[C@@H]1N[C@H](CO)[C@H](O)C(O)[C@H]1O. The van der Waals surface area contributed by atoms with Crippen LogP contribution in [0.5, 0.6) is 0 Å². The maximum absolute atomic E-state index is 9.31. The van der Waals surface area contributed by atoms with Crippen LogP contribution in [0.1, 0.15) is 0 Å². The maximum Gasteiger partial charge on any atom is 0.109 e. The predicted molar refractivity (Wildman–Crippen MR) is 50.2 cm³/mol. The normalized spacial score (nSPS) is 43.1. The summed E-state index contributed by atoms with van der Waals surface area (Å²) in [6.07, 6.45) is -3.78. The van der Waals surface area contributed by atoms with E-state index in [1.807, 2.05) is 0 Å². The molecule has 0 spiro atoms. The third-order valence-corrected chi connectivity index (χ3v) is 2.35. The van der Waals surface area contributed by atoms with E-state index in [1.165, 1.54) is 0 Å². The molecular weight excluding hydrogens is 214 g/mol. The number of aliphatic hydroxyl groups is 5. The Bertz CT molecular complexity index is 152. The average Bonchev–Trinajstić information content (AvgIpc) is 2.15. The zero-order valence-corrected chi connectivity index (χ0v) is 8.26. The minimum absolute atomic E-state index is 0. The van der Waals surface area contributed by atoms with Gasteiger partial charge in [-0.3, -0.25) is 0 Å². The lowest BCUT2D eigenvalue weighted by atomic mass is 9.91. The highest BCUT2D eigenvalue weighted by molar-refractivity contribution is 5.85. The van der Waals surface area contributed by atoms with Crippen molar-refractivity contribution in [3.05, 3.63) is 0 Å². The Morgan fingerprint density at radius 1 is 0.786 bits per heavy atom. The Labute approximate surface area is 87.6 Å². The van der Waals surface area contributed by atoms with Gasteiger partial charge in [0.2, 0.25) is 0 Å². The summed E-state index contributed by atoms with van der Waals surface area (Å²) in [5.74, 6) is 0. The highest BCUT2D eigenvalue weighted by Crippen LogP contribution is 2.14. The Kier molecular flexibility index (Phi) is 5.84. The van der Waals surface area contributed by atoms with Gasteiger partial charge in [-0.2, -0.15) is 0 Å². The molecule has 0 aliphatic carbocycles. The molecule has 1 fully saturated rings. The summed E-state index contributed by atoms with van der Waals surface area (Å²) in [5.41, 5.74) is 0. The Balaban J connectivity index is 0.00000169. The Morgan fingerprint density at radius 3 is 1.43 bits per heavy atom. The molecule has 6 N–H and O–H groups in total. The van der Waals surface area contributed by atoms with Gasteiger partial charge < -0.3 is 30.8 Å². The van der Waals surface area contributed by atoms with Gasteiger partial charge in [0.15, 0.2) is 0 Å². The van der Waals surface area contributed by atoms with E-state index in [-0.39, 0.29) is 25.6 Å². The standard InChI is InChI=1S/C7H15NO5.ClH/c9-1-3-5(11)7(13)6(12)4(2-10)8-3;/h3-13H,1-2H2;1H/t3-,4+,5-,6-,7?;/m0./s1. The second-order valence-electron chi connectivity index (χ2n) is 3.22. The fourth-order valence-corrected chi connectivity index (χ4v) is 1.47. The number of piperidine rings is 1. The van der Waals surface area contributed by atoms with Crippen LogP contribution in [0.15, 0.2) is 0 Å². The predicted octanol–water partition coefficient (Wildman–Crippen LogP) is -3.18. The first-order valence-corrected chi connectivity index (χ1v) is 4.13. The van der Waals surface area contributed by atoms with Crippen molar-refractivity contribution in [3.8, 4) is 0 Å². The largest absolute Gasteiger partial charge is 0.395 e. The summed E-state index contributed by atoms with van der Waals surface area (Å²) in [6, 6.07) is -1.42. The lowest BCUT2D eigenvalue weighted by Gasteiger charge is -2.40. The van der Waals surface area contributed by atoms with Gasteiger partial charge in [0.05, 0.1) is 37.5 Å². The van der Waals surface area contributed by atoms with Crippen molar-refractivity contribution in [3.63, 3.8) is 0 Å². The van der Waals surface area contributed by atoms with Gasteiger partial charge in [0.1, 0.15) is 6.10 Å². The maximum atomic E-state index is 9.31. The van der Waals surface area contributed by atoms with E-state index in [9.17, 15) is 15.3 Å². The summed E-state index contributed by atoms with van der Waals surface area (Å²) < 4.78 is 0. The van der Waals surface area contributed by atoms with Crippen molar-refractivity contribution < 1.29 is 25.5 Å². The van der Waals surface area contributed by atoms with Crippen molar-refractivity contribution >= 4 is 12.4 Å². The van der Waals surface area contributed by atoms with Gasteiger partial charge in [-0.25, -0.2) is 0 Å². The van der Waals surface area contributed by atoms with Gasteiger partial charge in [0, 0.05) is 0 Å². The number of rotatable bonds is 2. The molecule has 86 valence electrons. The molecule has 0 bridgehead atoms. The van der Waals surface area contributed by atoms with Crippen LogP contribution in [0.2, 0.25) is 0 Å². The molecule has 0 aromatic heterocycles. The van der Waals surface area contributed by atoms with E-state index >= 15 is 0 Å². The smallest absolute Gasteiger partial charge is 0.109 e. The van der Waals surface area contributed by atoms with Gasteiger partial charge in [-0.1, -0.05) is 0 Å². The van der Waals surface area contributed by atoms with E-state index in [4.69, 9.17) is 10.2 Å². The van der Waals surface area contributed by atoms with Crippen LogP contribution in [-0.4, -0.2) is 69.1 Å². The zero-order valence-electron chi connectivity index (χ0n) is 7.45. The van der Waals surface area contributed by atoms with E-state index in [2.05, 4.69) is 5.32 Å². The van der Waals surface area contributed by atoms with Crippen LogP contribution in [0.4, 0.5) is 0 Å². The van der Waals surface area contributed by atoms with Gasteiger partial charge in [0.25, 0.3) is 0 Å².